The molecule has 0 aliphatic rings. The molecule has 0 fully saturated rings. The first kappa shape index (κ1) is 20.4. The molecule has 1 aromatic rings. The van der Waals surface area contributed by atoms with E-state index in [9.17, 15) is 0 Å². The first-order valence-electron chi connectivity index (χ1n) is 9.22. The molecule has 0 heterocycles. The van der Waals surface area contributed by atoms with Gasteiger partial charge >= 0.3 is 0 Å². The summed E-state index contributed by atoms with van der Waals surface area (Å²) in [5.41, 5.74) is 3.01. The Labute approximate surface area is 145 Å². The molecule has 0 spiro atoms. The van der Waals surface area contributed by atoms with Crippen LogP contribution in [0.15, 0.2) is 24.3 Å². The van der Waals surface area contributed by atoms with Gasteiger partial charge in [-0.3, -0.25) is 0 Å². The maximum Gasteiger partial charge on any atom is 0.0716 e. The van der Waals surface area contributed by atoms with Crippen LogP contribution in [-0.4, -0.2) is 14.7 Å². The van der Waals surface area contributed by atoms with Crippen molar-refractivity contribution in [1.29, 1.82) is 0 Å². The second kappa shape index (κ2) is 8.48. The van der Waals surface area contributed by atoms with E-state index < -0.39 is 8.07 Å². The monoisotopic (exact) mass is 334 g/mol. The molecular formula is C21H38OSi. The minimum absolute atomic E-state index is 0.255. The minimum atomic E-state index is -0.983. The van der Waals surface area contributed by atoms with E-state index in [4.69, 9.17) is 4.74 Å². The summed E-state index contributed by atoms with van der Waals surface area (Å²) in [5.74, 6) is 1.36. The van der Waals surface area contributed by atoms with E-state index in [2.05, 4.69) is 78.5 Å². The summed E-state index contributed by atoms with van der Waals surface area (Å²) in [6.07, 6.45) is 1.23. The van der Waals surface area contributed by atoms with Crippen LogP contribution in [0.2, 0.25) is 25.7 Å². The third-order valence-corrected chi connectivity index (χ3v) is 6.69. The molecule has 0 radical (unpaired) electrons. The van der Waals surface area contributed by atoms with Crippen molar-refractivity contribution in [3.63, 3.8) is 0 Å². The van der Waals surface area contributed by atoms with E-state index in [0.717, 1.165) is 13.2 Å². The predicted octanol–water partition coefficient (Wildman–Crippen LogP) is 6.50. The van der Waals surface area contributed by atoms with Crippen molar-refractivity contribution in [1.82, 2.24) is 0 Å². The summed E-state index contributed by atoms with van der Waals surface area (Å²) in [6.45, 7) is 20.6. The lowest BCUT2D eigenvalue weighted by Gasteiger charge is -2.36. The fraction of sp³-hybridized carbons (Fsp3) is 0.714. The first-order valence-corrected chi connectivity index (χ1v) is 12.9. The molecule has 1 unspecified atom stereocenters. The number of rotatable bonds is 9. The normalized spacial score (nSPS) is 15.2. The van der Waals surface area contributed by atoms with Crippen LogP contribution in [0.25, 0.3) is 0 Å². The van der Waals surface area contributed by atoms with Gasteiger partial charge in [0.1, 0.15) is 0 Å². The van der Waals surface area contributed by atoms with E-state index in [0.29, 0.717) is 11.8 Å². The Hall–Kier alpha value is -0.603. The summed E-state index contributed by atoms with van der Waals surface area (Å²) in [5, 5.41) is 0. The molecule has 0 aliphatic carbocycles. The van der Waals surface area contributed by atoms with Gasteiger partial charge in [-0.25, -0.2) is 0 Å². The quantitative estimate of drug-likeness (QED) is 0.370. The Balaban J connectivity index is 2.67. The predicted molar refractivity (Wildman–Crippen MR) is 106 cm³/mol. The Bertz CT molecular complexity index is 456. The highest BCUT2D eigenvalue weighted by Crippen LogP contribution is 2.38. The van der Waals surface area contributed by atoms with Crippen molar-refractivity contribution in [2.45, 2.75) is 78.7 Å². The molecule has 0 amide bonds. The second-order valence-electron chi connectivity index (χ2n) is 9.23. The molecule has 23 heavy (non-hydrogen) atoms. The summed E-state index contributed by atoms with van der Waals surface area (Å²) >= 11 is 0. The lowest BCUT2D eigenvalue weighted by Crippen LogP contribution is -2.30. The van der Waals surface area contributed by atoms with E-state index in [1.165, 1.54) is 23.6 Å². The summed E-state index contributed by atoms with van der Waals surface area (Å²) in [7, 11) is -0.983. The van der Waals surface area contributed by atoms with Gasteiger partial charge < -0.3 is 4.74 Å². The SMILES string of the molecule is CC(C)CC(C)(c1ccc(COCC[Si](C)(C)C)cc1)C(C)C. The van der Waals surface area contributed by atoms with Crippen LogP contribution in [0.3, 0.4) is 0 Å². The highest BCUT2D eigenvalue weighted by Gasteiger charge is 2.31. The average Bonchev–Trinajstić information content (AvgIpc) is 2.42. The van der Waals surface area contributed by atoms with Gasteiger partial charge in [-0.2, -0.15) is 0 Å². The fourth-order valence-corrected chi connectivity index (χ4v) is 3.84. The van der Waals surface area contributed by atoms with Crippen LogP contribution in [0, 0.1) is 11.8 Å². The van der Waals surface area contributed by atoms with Crippen LogP contribution in [-0.2, 0) is 16.8 Å². The van der Waals surface area contributed by atoms with Gasteiger partial charge in [0, 0.05) is 14.7 Å². The Morgan fingerprint density at radius 2 is 1.57 bits per heavy atom. The van der Waals surface area contributed by atoms with Gasteiger partial charge in [0.2, 0.25) is 0 Å². The Morgan fingerprint density at radius 3 is 2.00 bits per heavy atom. The molecular weight excluding hydrogens is 296 g/mol. The third kappa shape index (κ3) is 6.80. The zero-order chi connectivity index (χ0) is 17.7. The zero-order valence-electron chi connectivity index (χ0n) is 16.7. The largest absolute Gasteiger partial charge is 0.377 e. The molecule has 1 atom stereocenters. The van der Waals surface area contributed by atoms with E-state index in [1.54, 1.807) is 0 Å². The minimum Gasteiger partial charge on any atom is -0.377 e. The molecule has 1 nitrogen and oxygen atoms in total. The van der Waals surface area contributed by atoms with Crippen LogP contribution >= 0.6 is 0 Å². The average molecular weight is 335 g/mol. The van der Waals surface area contributed by atoms with Crippen LogP contribution in [0.4, 0.5) is 0 Å². The van der Waals surface area contributed by atoms with E-state index in [-0.39, 0.29) is 5.41 Å². The number of benzene rings is 1. The van der Waals surface area contributed by atoms with Crippen LogP contribution in [0.1, 0.15) is 52.2 Å². The molecule has 132 valence electrons. The maximum atomic E-state index is 5.87. The molecule has 2 heteroatoms. The number of ether oxygens (including phenoxy) is 1. The Kier molecular flexibility index (Phi) is 7.54. The second-order valence-corrected chi connectivity index (χ2v) is 14.9. The van der Waals surface area contributed by atoms with Crippen molar-refractivity contribution >= 4 is 8.07 Å². The topological polar surface area (TPSA) is 9.23 Å². The van der Waals surface area contributed by atoms with E-state index >= 15 is 0 Å². The standard InChI is InChI=1S/C21H38OSi/c1-17(2)15-21(5,18(3)4)20-11-9-19(10-12-20)16-22-13-14-23(6,7)8/h9-12,17-18H,13-16H2,1-8H3. The zero-order valence-corrected chi connectivity index (χ0v) is 17.7. The highest BCUT2D eigenvalue weighted by atomic mass is 28.3. The van der Waals surface area contributed by atoms with Crippen molar-refractivity contribution in [2.24, 2.45) is 11.8 Å². The van der Waals surface area contributed by atoms with E-state index in [1.807, 2.05) is 0 Å². The smallest absolute Gasteiger partial charge is 0.0716 e. The summed E-state index contributed by atoms with van der Waals surface area (Å²) in [6, 6.07) is 10.4. The van der Waals surface area contributed by atoms with Crippen LogP contribution < -0.4 is 0 Å². The molecule has 0 saturated carbocycles. The molecule has 0 aromatic heterocycles. The Morgan fingerprint density at radius 1 is 1.00 bits per heavy atom. The molecule has 0 N–H and O–H groups in total. The maximum absolute atomic E-state index is 5.87. The third-order valence-electron chi connectivity index (χ3n) is 4.99. The number of hydrogen-bond acceptors (Lipinski definition) is 1. The van der Waals surface area contributed by atoms with Gasteiger partial charge in [0.15, 0.2) is 0 Å². The van der Waals surface area contributed by atoms with Crippen LogP contribution in [0.5, 0.6) is 0 Å². The van der Waals surface area contributed by atoms with Gasteiger partial charge in [-0.1, -0.05) is 78.5 Å². The van der Waals surface area contributed by atoms with Gasteiger partial charge in [-0.05, 0) is 40.8 Å². The molecule has 0 aliphatic heterocycles. The molecule has 1 rings (SSSR count). The lowest BCUT2D eigenvalue weighted by molar-refractivity contribution is 0.133. The van der Waals surface area contributed by atoms with Crippen molar-refractivity contribution in [3.05, 3.63) is 35.4 Å². The molecule has 1 aromatic carbocycles. The lowest BCUT2D eigenvalue weighted by atomic mass is 9.68. The van der Waals surface area contributed by atoms with Crippen molar-refractivity contribution < 1.29 is 4.74 Å². The first-order chi connectivity index (χ1) is 10.5. The van der Waals surface area contributed by atoms with Gasteiger partial charge in [0.05, 0.1) is 6.61 Å². The molecule has 0 bridgehead atoms. The van der Waals surface area contributed by atoms with Crippen molar-refractivity contribution in [2.75, 3.05) is 6.61 Å². The van der Waals surface area contributed by atoms with Gasteiger partial charge in [0.25, 0.3) is 0 Å². The van der Waals surface area contributed by atoms with Gasteiger partial charge in [-0.15, -0.1) is 0 Å². The van der Waals surface area contributed by atoms with Crippen molar-refractivity contribution in [3.8, 4) is 0 Å². The molecule has 0 saturated heterocycles. The summed E-state index contributed by atoms with van der Waals surface area (Å²) in [4.78, 5) is 0. The summed E-state index contributed by atoms with van der Waals surface area (Å²) < 4.78 is 5.87. The fourth-order valence-electron chi connectivity index (χ4n) is 3.09. The number of hydrogen-bond donors (Lipinski definition) is 0. The highest BCUT2D eigenvalue weighted by molar-refractivity contribution is 6.76.